The minimum Gasteiger partial charge on any atom is -0.489 e. The first kappa shape index (κ1) is 38.7. The monoisotopic (exact) mass is 593 g/mol. The number of unbranched alkanes of at least 4 members (excludes halogenated alkanes) is 1. The van der Waals surface area contributed by atoms with Gasteiger partial charge in [0.1, 0.15) is 12.4 Å². The number of alkyl halides is 3. The van der Waals surface area contributed by atoms with Crippen molar-refractivity contribution in [2.45, 2.75) is 72.9 Å². The quantitative estimate of drug-likeness (QED) is 0.234. The van der Waals surface area contributed by atoms with E-state index < -0.39 is 18.0 Å². The Hall–Kier alpha value is -3.33. The SMILES string of the molecule is C=CCOc1ccc(-c2ccc(C(N)=O)cc2)cc1CC.CC.CC(=O)N1CCC(C(F)(F)F)CC1.CCCCNC. The number of rotatable bonds is 9. The highest BCUT2D eigenvalue weighted by Gasteiger charge is 2.41. The third-order valence-electron chi connectivity index (χ3n) is 6.48. The summed E-state index contributed by atoms with van der Waals surface area (Å²) in [5.74, 6) is -0.886. The van der Waals surface area contributed by atoms with Gasteiger partial charge < -0.3 is 20.7 Å². The van der Waals surface area contributed by atoms with Gasteiger partial charge in [-0.15, -0.1) is 0 Å². The average Bonchev–Trinajstić information content (AvgIpc) is 3.00. The van der Waals surface area contributed by atoms with E-state index in [1.807, 2.05) is 45.2 Å². The molecule has 1 heterocycles. The molecule has 0 spiro atoms. The number of piperidine rings is 1. The van der Waals surface area contributed by atoms with Gasteiger partial charge in [0, 0.05) is 25.6 Å². The zero-order valence-electron chi connectivity index (χ0n) is 26.2. The first-order valence-corrected chi connectivity index (χ1v) is 14.7. The topological polar surface area (TPSA) is 84.7 Å². The number of primary amides is 1. The van der Waals surface area contributed by atoms with Crippen LogP contribution >= 0.6 is 0 Å². The number of nitrogens with zero attached hydrogens (tertiary/aromatic N) is 1. The Labute approximate surface area is 250 Å². The Morgan fingerprint density at radius 1 is 1.07 bits per heavy atom. The third-order valence-corrected chi connectivity index (χ3v) is 6.48. The van der Waals surface area contributed by atoms with E-state index in [1.165, 1.54) is 24.7 Å². The fourth-order valence-corrected chi connectivity index (χ4v) is 4.03. The summed E-state index contributed by atoms with van der Waals surface area (Å²) in [7, 11) is 1.98. The van der Waals surface area contributed by atoms with Gasteiger partial charge in [0.15, 0.2) is 0 Å². The summed E-state index contributed by atoms with van der Waals surface area (Å²) < 4.78 is 42.1. The summed E-state index contributed by atoms with van der Waals surface area (Å²) in [5, 5.41) is 3.07. The highest BCUT2D eigenvalue weighted by atomic mass is 19.4. The molecule has 9 heteroatoms. The van der Waals surface area contributed by atoms with Crippen LogP contribution in [0.1, 0.15) is 76.2 Å². The largest absolute Gasteiger partial charge is 0.489 e. The number of benzene rings is 2. The van der Waals surface area contributed by atoms with Gasteiger partial charge in [-0.25, -0.2) is 0 Å². The molecule has 2 aromatic carbocycles. The lowest BCUT2D eigenvalue weighted by molar-refractivity contribution is -0.186. The van der Waals surface area contributed by atoms with Crippen LogP contribution in [0, 0.1) is 5.92 Å². The number of nitrogens with two attached hydrogens (primary N) is 1. The number of amides is 2. The maximum absolute atomic E-state index is 12.2. The zero-order chi connectivity index (χ0) is 32.1. The lowest BCUT2D eigenvalue weighted by Gasteiger charge is -2.32. The van der Waals surface area contributed by atoms with Crippen LogP contribution in [0.3, 0.4) is 0 Å². The average molecular weight is 594 g/mol. The van der Waals surface area contributed by atoms with Gasteiger partial charge in [-0.3, -0.25) is 9.59 Å². The van der Waals surface area contributed by atoms with E-state index in [-0.39, 0.29) is 31.8 Å². The summed E-state index contributed by atoms with van der Waals surface area (Å²) in [6.45, 7) is 15.5. The van der Waals surface area contributed by atoms with Crippen molar-refractivity contribution >= 4 is 11.8 Å². The van der Waals surface area contributed by atoms with E-state index >= 15 is 0 Å². The van der Waals surface area contributed by atoms with Gasteiger partial charge in [-0.05, 0) is 80.2 Å². The number of ether oxygens (including phenoxy) is 1. The van der Waals surface area contributed by atoms with Gasteiger partial charge in [0.05, 0.1) is 5.92 Å². The van der Waals surface area contributed by atoms with Crippen molar-refractivity contribution in [2.24, 2.45) is 11.7 Å². The number of carbonyl (C=O) groups excluding carboxylic acids is 2. The molecule has 0 aliphatic carbocycles. The summed E-state index contributed by atoms with van der Waals surface area (Å²) in [5.41, 5.74) is 9.05. The molecule has 236 valence electrons. The molecule has 0 unspecified atom stereocenters. The fraction of sp³-hybridized carbons (Fsp3) is 0.515. The molecule has 0 radical (unpaired) electrons. The Kier molecular flexibility index (Phi) is 19.7. The van der Waals surface area contributed by atoms with Crippen molar-refractivity contribution in [3.05, 3.63) is 66.2 Å². The number of hydrogen-bond donors (Lipinski definition) is 2. The molecule has 0 aromatic heterocycles. The van der Waals surface area contributed by atoms with Crippen LogP contribution < -0.4 is 15.8 Å². The van der Waals surface area contributed by atoms with Crippen molar-refractivity contribution in [2.75, 3.05) is 33.3 Å². The van der Waals surface area contributed by atoms with E-state index in [0.717, 1.165) is 35.4 Å². The maximum Gasteiger partial charge on any atom is 0.391 e. The highest BCUT2D eigenvalue weighted by Crippen LogP contribution is 2.34. The Balaban J connectivity index is 0.000000681. The van der Waals surface area contributed by atoms with Gasteiger partial charge in [-0.2, -0.15) is 13.2 Å². The summed E-state index contributed by atoms with van der Waals surface area (Å²) in [6, 6.07) is 13.4. The molecular weight excluding hydrogens is 543 g/mol. The number of hydrogen-bond acceptors (Lipinski definition) is 4. The van der Waals surface area contributed by atoms with Gasteiger partial charge in [-0.1, -0.05) is 65.0 Å². The molecule has 1 aliphatic rings. The smallest absolute Gasteiger partial charge is 0.391 e. The minimum absolute atomic E-state index is 0.0447. The Morgan fingerprint density at radius 2 is 1.64 bits per heavy atom. The van der Waals surface area contributed by atoms with E-state index in [9.17, 15) is 22.8 Å². The van der Waals surface area contributed by atoms with E-state index in [4.69, 9.17) is 10.5 Å². The first-order chi connectivity index (χ1) is 20.0. The standard InChI is InChI=1S/C18H19NO2.C8H12F3NO.C5H13N.C2H6/c1-3-11-21-17-10-9-16(12-13(17)4-2)14-5-7-15(8-6-14)18(19)20;1-6(13)12-4-2-7(3-5-12)8(9,10)11;1-3-4-5-6-2;1-2/h3,5-10,12H,1,4,11H2,2H3,(H2,19,20);7H,2-5H2,1H3;6H,3-5H2,1-2H3;1-2H3. The molecule has 0 bridgehead atoms. The third kappa shape index (κ3) is 14.5. The fourth-order valence-electron chi connectivity index (χ4n) is 4.03. The van der Waals surface area contributed by atoms with Crippen molar-refractivity contribution in [3.63, 3.8) is 0 Å². The zero-order valence-corrected chi connectivity index (χ0v) is 26.2. The number of carbonyl (C=O) groups is 2. The highest BCUT2D eigenvalue weighted by molar-refractivity contribution is 5.93. The van der Waals surface area contributed by atoms with Crippen LogP contribution in [-0.4, -0.2) is 56.2 Å². The van der Waals surface area contributed by atoms with Crippen LogP contribution in [0.5, 0.6) is 5.75 Å². The number of halogens is 3. The Morgan fingerprint density at radius 3 is 2.05 bits per heavy atom. The van der Waals surface area contributed by atoms with Crippen LogP contribution in [0.4, 0.5) is 13.2 Å². The molecule has 6 nitrogen and oxygen atoms in total. The number of nitrogens with one attached hydrogen (secondary N) is 1. The molecule has 0 atom stereocenters. The Bertz CT molecular complexity index is 1040. The molecule has 0 saturated carbocycles. The van der Waals surface area contributed by atoms with Gasteiger partial charge in [0.2, 0.25) is 11.8 Å². The molecule has 1 aliphatic heterocycles. The van der Waals surface area contributed by atoms with Gasteiger partial charge in [0.25, 0.3) is 0 Å². The van der Waals surface area contributed by atoms with Crippen molar-refractivity contribution in [1.29, 1.82) is 0 Å². The molecule has 1 fully saturated rings. The van der Waals surface area contributed by atoms with Crippen LogP contribution in [0.15, 0.2) is 55.1 Å². The summed E-state index contributed by atoms with van der Waals surface area (Å²) >= 11 is 0. The number of aryl methyl sites for hydroxylation is 1. The molecule has 3 rings (SSSR count). The van der Waals surface area contributed by atoms with Crippen LogP contribution in [-0.2, 0) is 11.2 Å². The van der Waals surface area contributed by atoms with E-state index in [2.05, 4.69) is 31.8 Å². The summed E-state index contributed by atoms with van der Waals surface area (Å²) in [6.07, 6.45) is 1.21. The molecule has 3 N–H and O–H groups in total. The van der Waals surface area contributed by atoms with Crippen molar-refractivity contribution < 1.29 is 27.5 Å². The van der Waals surface area contributed by atoms with Gasteiger partial charge >= 0.3 is 6.18 Å². The lowest BCUT2D eigenvalue weighted by Crippen LogP contribution is -2.41. The number of likely N-dealkylation sites (tertiary alicyclic amines) is 1. The molecule has 2 amide bonds. The van der Waals surface area contributed by atoms with Crippen molar-refractivity contribution in [1.82, 2.24) is 10.2 Å². The minimum atomic E-state index is -4.09. The second-order valence-corrected chi connectivity index (χ2v) is 9.50. The summed E-state index contributed by atoms with van der Waals surface area (Å²) in [4.78, 5) is 23.4. The predicted octanol–water partition coefficient (Wildman–Crippen LogP) is 7.42. The van der Waals surface area contributed by atoms with Crippen LogP contribution in [0.25, 0.3) is 11.1 Å². The second-order valence-electron chi connectivity index (χ2n) is 9.50. The van der Waals surface area contributed by atoms with Crippen LogP contribution in [0.2, 0.25) is 0 Å². The lowest BCUT2D eigenvalue weighted by atomic mass is 9.96. The molecule has 2 aromatic rings. The maximum atomic E-state index is 12.2. The van der Waals surface area contributed by atoms with E-state index in [1.54, 1.807) is 18.2 Å². The molecular formula is C33H50F3N3O3. The molecule has 42 heavy (non-hydrogen) atoms. The van der Waals surface area contributed by atoms with E-state index in [0.29, 0.717) is 12.2 Å². The second kappa shape index (κ2) is 21.4. The normalized spacial score (nSPS) is 12.8. The predicted molar refractivity (Wildman–Crippen MR) is 167 cm³/mol. The first-order valence-electron chi connectivity index (χ1n) is 14.7. The molecule has 1 saturated heterocycles. The van der Waals surface area contributed by atoms with Crippen molar-refractivity contribution in [3.8, 4) is 16.9 Å².